The summed E-state index contributed by atoms with van der Waals surface area (Å²) < 4.78 is 81.5. The van der Waals surface area contributed by atoms with Gasteiger partial charge in [-0.3, -0.25) is 4.98 Å². The molecule has 0 aromatic carbocycles. The van der Waals surface area contributed by atoms with Gasteiger partial charge in [-0.2, -0.15) is 31.4 Å². The smallest absolute Gasteiger partial charge is 0.371 e. The molecule has 0 amide bonds. The predicted molar refractivity (Wildman–Crippen MR) is 71.2 cm³/mol. The van der Waals surface area contributed by atoms with Crippen molar-refractivity contribution in [2.75, 3.05) is 12.1 Å². The number of halogens is 6. The van der Waals surface area contributed by atoms with Crippen LogP contribution in [0.15, 0.2) is 23.4 Å². The van der Waals surface area contributed by atoms with E-state index in [2.05, 4.69) is 14.8 Å². The molecule has 11 heteroatoms. The summed E-state index contributed by atoms with van der Waals surface area (Å²) >= 11 is 0. The van der Waals surface area contributed by atoms with Gasteiger partial charge in [-0.25, -0.2) is 5.01 Å². The van der Waals surface area contributed by atoms with Gasteiger partial charge in [0.2, 0.25) is 0 Å². The molecular formula is C13H13F6N3O2. The molecule has 1 aliphatic heterocycles. The molecule has 1 aliphatic rings. The van der Waals surface area contributed by atoms with Crippen molar-refractivity contribution >= 4 is 11.4 Å². The molecule has 0 aliphatic carbocycles. The molecule has 0 spiro atoms. The summed E-state index contributed by atoms with van der Waals surface area (Å²) in [5.74, 6) is -1.57. The van der Waals surface area contributed by atoms with Crippen molar-refractivity contribution in [1.29, 1.82) is 0 Å². The molecule has 2 heterocycles. The van der Waals surface area contributed by atoms with E-state index in [4.69, 9.17) is 0 Å². The fraction of sp³-hybridized carbons (Fsp3) is 0.538. The number of rotatable bonds is 3. The molecule has 1 aromatic heterocycles. The van der Waals surface area contributed by atoms with E-state index < -0.39 is 36.3 Å². The zero-order valence-electron chi connectivity index (χ0n) is 12.4. The molecule has 0 bridgehead atoms. The van der Waals surface area contributed by atoms with Crippen molar-refractivity contribution in [3.63, 3.8) is 0 Å². The van der Waals surface area contributed by atoms with Crippen molar-refractivity contribution in [3.8, 4) is 0 Å². The van der Waals surface area contributed by atoms with E-state index in [1.54, 1.807) is 0 Å². The van der Waals surface area contributed by atoms with Gasteiger partial charge in [0.1, 0.15) is 5.69 Å². The number of nitrogens with zero attached hydrogens (tertiary/aromatic N) is 3. The van der Waals surface area contributed by atoms with Crippen LogP contribution in [-0.4, -0.2) is 41.4 Å². The number of hydrogen-bond donors (Lipinski definition) is 1. The van der Waals surface area contributed by atoms with E-state index in [0.717, 1.165) is 19.4 Å². The van der Waals surface area contributed by atoms with Gasteiger partial charge in [0.05, 0.1) is 11.6 Å². The highest BCUT2D eigenvalue weighted by Gasteiger charge is 2.52. The van der Waals surface area contributed by atoms with Crippen molar-refractivity contribution < 1.29 is 36.2 Å². The number of aliphatic hydroxyl groups excluding tert-OH is 1. The van der Waals surface area contributed by atoms with E-state index in [1.165, 1.54) is 6.92 Å². The van der Waals surface area contributed by atoms with Gasteiger partial charge in [0.25, 0.3) is 0 Å². The van der Waals surface area contributed by atoms with Crippen molar-refractivity contribution in [2.45, 2.75) is 31.6 Å². The second-order valence-electron chi connectivity index (χ2n) is 5.12. The first-order valence-corrected chi connectivity index (χ1v) is 6.62. The Balaban J connectivity index is 2.36. The number of alkyl halides is 6. The maximum atomic E-state index is 13.0. The Morgan fingerprint density at radius 3 is 2.38 bits per heavy atom. The maximum absolute atomic E-state index is 13.0. The number of hydrazone groups is 1. The number of pyridine rings is 1. The Morgan fingerprint density at radius 2 is 1.88 bits per heavy atom. The molecule has 1 aromatic rings. The average Bonchev–Trinajstić information content (AvgIpc) is 2.74. The van der Waals surface area contributed by atoms with Crippen molar-refractivity contribution in [3.05, 3.63) is 24.0 Å². The number of ether oxygens (including phenoxy) is 1. The molecule has 5 nitrogen and oxygen atoms in total. The van der Waals surface area contributed by atoms with E-state index >= 15 is 0 Å². The van der Waals surface area contributed by atoms with Crippen LogP contribution in [0.4, 0.5) is 32.0 Å². The van der Waals surface area contributed by atoms with Crippen LogP contribution in [0.1, 0.15) is 12.6 Å². The van der Waals surface area contributed by atoms with Crippen molar-refractivity contribution in [1.82, 2.24) is 4.98 Å². The normalized spacial score (nSPS) is 23.4. The highest BCUT2D eigenvalue weighted by atomic mass is 19.4. The van der Waals surface area contributed by atoms with Crippen LogP contribution in [0.3, 0.4) is 0 Å². The number of hydrogen-bond acceptors (Lipinski definition) is 5. The van der Waals surface area contributed by atoms with E-state index in [9.17, 15) is 31.4 Å². The fourth-order valence-electron chi connectivity index (χ4n) is 2.45. The third kappa shape index (κ3) is 3.46. The summed E-state index contributed by atoms with van der Waals surface area (Å²) in [4.78, 5) is 3.15. The summed E-state index contributed by atoms with van der Waals surface area (Å²) in [6.45, 7) is 1.23. The quantitative estimate of drug-likeness (QED) is 0.846. The van der Waals surface area contributed by atoms with E-state index in [0.29, 0.717) is 11.1 Å². The first kappa shape index (κ1) is 18.5. The Morgan fingerprint density at radius 1 is 1.25 bits per heavy atom. The third-order valence-corrected chi connectivity index (χ3v) is 3.52. The minimum Gasteiger partial charge on any atom is -0.371 e. The molecular weight excluding hydrogens is 344 g/mol. The topological polar surface area (TPSA) is 58.0 Å². The van der Waals surface area contributed by atoms with Gasteiger partial charge in [-0.15, -0.1) is 0 Å². The minimum absolute atomic E-state index is 0.114. The SMILES string of the molecule is COC(C1C(C)=NN(c2ccnc(C(F)(F)F)c2)C1O)C(F)(F)F. The summed E-state index contributed by atoms with van der Waals surface area (Å²) in [7, 11) is 0.828. The predicted octanol–water partition coefficient (Wildman–Crippen LogP) is 2.81. The van der Waals surface area contributed by atoms with E-state index in [1.807, 2.05) is 0 Å². The summed E-state index contributed by atoms with van der Waals surface area (Å²) in [5.41, 5.74) is -1.59. The standard InChI is InChI=1S/C13H13F6N3O2/c1-6-9(10(24-2)13(17,18)19)11(23)22(21-6)7-3-4-20-8(5-7)12(14,15)16/h3-5,9-11,23H,1-2H3. The lowest BCUT2D eigenvalue weighted by Gasteiger charge is -2.29. The zero-order valence-corrected chi connectivity index (χ0v) is 12.4. The average molecular weight is 357 g/mol. The minimum atomic E-state index is -4.78. The molecule has 0 fully saturated rings. The van der Waals surface area contributed by atoms with Gasteiger partial charge >= 0.3 is 12.4 Å². The van der Waals surface area contributed by atoms with Gasteiger partial charge in [-0.05, 0) is 19.1 Å². The molecule has 3 atom stereocenters. The summed E-state index contributed by atoms with van der Waals surface area (Å²) in [5, 5.41) is 14.6. The summed E-state index contributed by atoms with van der Waals surface area (Å²) in [6.07, 6.45) is -12.9. The van der Waals surface area contributed by atoms with Crippen LogP contribution in [-0.2, 0) is 10.9 Å². The van der Waals surface area contributed by atoms with Crippen LogP contribution in [0.5, 0.6) is 0 Å². The highest BCUT2D eigenvalue weighted by Crippen LogP contribution is 2.37. The van der Waals surface area contributed by atoms with E-state index in [-0.39, 0.29) is 11.4 Å². The van der Waals surface area contributed by atoms with Gasteiger partial charge in [0, 0.05) is 19.0 Å². The Hall–Kier alpha value is -1.88. The van der Waals surface area contributed by atoms with Crippen molar-refractivity contribution in [2.24, 2.45) is 11.0 Å². The first-order chi connectivity index (χ1) is 11.0. The Kier molecular flexibility index (Phi) is 4.77. The third-order valence-electron chi connectivity index (χ3n) is 3.52. The largest absolute Gasteiger partial charge is 0.433 e. The molecule has 1 N–H and O–H groups in total. The van der Waals surface area contributed by atoms with Crippen LogP contribution in [0, 0.1) is 5.92 Å². The zero-order chi connectivity index (χ0) is 18.3. The second-order valence-corrected chi connectivity index (χ2v) is 5.12. The van der Waals surface area contributed by atoms with Crippen LogP contribution in [0.25, 0.3) is 0 Å². The maximum Gasteiger partial charge on any atom is 0.433 e. The Labute approximate surface area is 132 Å². The van der Waals surface area contributed by atoms with Gasteiger partial charge in [0.15, 0.2) is 12.3 Å². The molecule has 3 unspecified atom stereocenters. The Bertz CT molecular complexity index is 631. The molecule has 134 valence electrons. The second kappa shape index (κ2) is 6.20. The van der Waals surface area contributed by atoms with Crippen LogP contribution >= 0.6 is 0 Å². The van der Waals surface area contributed by atoms with Gasteiger partial charge in [-0.1, -0.05) is 0 Å². The van der Waals surface area contributed by atoms with Gasteiger partial charge < -0.3 is 9.84 Å². The number of methoxy groups -OCH3 is 1. The molecule has 0 radical (unpaired) electrons. The number of aromatic nitrogens is 1. The highest BCUT2D eigenvalue weighted by molar-refractivity contribution is 5.89. The lowest BCUT2D eigenvalue weighted by Crippen LogP contribution is -2.47. The summed E-state index contributed by atoms with van der Waals surface area (Å²) in [6, 6.07) is 1.70. The molecule has 24 heavy (non-hydrogen) atoms. The lowest BCUT2D eigenvalue weighted by atomic mass is 9.95. The number of anilines is 1. The molecule has 2 rings (SSSR count). The fourth-order valence-corrected chi connectivity index (χ4v) is 2.45. The first-order valence-electron chi connectivity index (χ1n) is 6.62. The number of aliphatic hydroxyl groups is 1. The molecule has 0 saturated carbocycles. The molecule has 0 saturated heterocycles. The van der Waals surface area contributed by atoms with Crippen LogP contribution < -0.4 is 5.01 Å². The van der Waals surface area contributed by atoms with Crippen LogP contribution in [0.2, 0.25) is 0 Å². The monoisotopic (exact) mass is 357 g/mol. The lowest BCUT2D eigenvalue weighted by molar-refractivity contribution is -0.228.